The van der Waals surface area contributed by atoms with E-state index in [4.69, 9.17) is 14.2 Å². The van der Waals surface area contributed by atoms with Crippen LogP contribution in [0.4, 0.5) is 0 Å². The Kier molecular flexibility index (Phi) is 8.21. The minimum Gasteiger partial charge on any atom is -0.490 e. The minimum atomic E-state index is -0.0810. The van der Waals surface area contributed by atoms with Crippen molar-refractivity contribution in [2.75, 3.05) is 53.1 Å². The van der Waals surface area contributed by atoms with E-state index < -0.39 is 0 Å². The van der Waals surface area contributed by atoms with Gasteiger partial charge in [-0.1, -0.05) is 12.1 Å². The van der Waals surface area contributed by atoms with Crippen molar-refractivity contribution in [3.05, 3.63) is 24.3 Å². The first-order valence-corrected chi connectivity index (χ1v) is 9.04. The number of carbonyl (C=O) groups is 2. The Morgan fingerprint density at radius 3 is 2.19 bits per heavy atom. The molecule has 26 heavy (non-hydrogen) atoms. The smallest absolute Gasteiger partial charge is 0.260 e. The van der Waals surface area contributed by atoms with Crippen molar-refractivity contribution < 1.29 is 23.8 Å². The maximum absolute atomic E-state index is 12.5. The van der Waals surface area contributed by atoms with Gasteiger partial charge in [-0.2, -0.15) is 0 Å². The molecule has 1 aliphatic rings. The van der Waals surface area contributed by atoms with Crippen LogP contribution < -0.4 is 9.47 Å². The third kappa shape index (κ3) is 5.91. The molecular weight excluding hydrogens is 336 g/mol. The highest BCUT2D eigenvalue weighted by atomic mass is 16.5. The summed E-state index contributed by atoms with van der Waals surface area (Å²) in [5, 5.41) is 0. The fraction of sp³-hybridized carbons (Fsp3) is 0.579. The molecule has 0 atom stereocenters. The topological polar surface area (TPSA) is 68.3 Å². The summed E-state index contributed by atoms with van der Waals surface area (Å²) in [5.74, 6) is 1.19. The van der Waals surface area contributed by atoms with Gasteiger partial charge in [0.25, 0.3) is 5.91 Å². The number of rotatable bonds is 8. The van der Waals surface area contributed by atoms with Crippen LogP contribution in [0.1, 0.15) is 19.8 Å². The van der Waals surface area contributed by atoms with Gasteiger partial charge >= 0.3 is 0 Å². The van der Waals surface area contributed by atoms with Gasteiger partial charge in [0, 0.05) is 33.3 Å². The Hall–Kier alpha value is -2.28. The van der Waals surface area contributed by atoms with E-state index >= 15 is 0 Å². The first kappa shape index (κ1) is 20.0. The first-order chi connectivity index (χ1) is 12.7. The van der Waals surface area contributed by atoms with Crippen molar-refractivity contribution in [1.82, 2.24) is 9.80 Å². The third-order valence-electron chi connectivity index (χ3n) is 4.22. The molecule has 7 nitrogen and oxygen atoms in total. The predicted molar refractivity (Wildman–Crippen MR) is 97.4 cm³/mol. The summed E-state index contributed by atoms with van der Waals surface area (Å²) in [5.41, 5.74) is 0. The predicted octanol–water partition coefficient (Wildman–Crippen LogP) is 1.56. The van der Waals surface area contributed by atoms with E-state index in [1.54, 1.807) is 23.0 Å². The maximum Gasteiger partial charge on any atom is 0.260 e. The van der Waals surface area contributed by atoms with E-state index in [1.165, 1.54) is 0 Å². The molecule has 0 unspecified atom stereocenters. The lowest BCUT2D eigenvalue weighted by molar-refractivity contribution is -0.135. The van der Waals surface area contributed by atoms with E-state index in [0.717, 1.165) is 6.42 Å². The summed E-state index contributed by atoms with van der Waals surface area (Å²) in [6.45, 7) is 5.18. The SMILES string of the molecule is CCOc1ccccc1OCC(=O)N1CCCN(C(=O)CCOC)CC1. The summed E-state index contributed by atoms with van der Waals surface area (Å²) in [6.07, 6.45) is 1.14. The Balaban J connectivity index is 1.84. The van der Waals surface area contributed by atoms with Gasteiger partial charge in [0.15, 0.2) is 18.1 Å². The van der Waals surface area contributed by atoms with Gasteiger partial charge < -0.3 is 24.0 Å². The molecular formula is C19H28N2O5. The maximum atomic E-state index is 12.5. The summed E-state index contributed by atoms with van der Waals surface area (Å²) in [6, 6.07) is 7.32. The zero-order valence-corrected chi connectivity index (χ0v) is 15.6. The number of para-hydroxylation sites is 2. The van der Waals surface area contributed by atoms with Crippen LogP contribution in [0.2, 0.25) is 0 Å². The van der Waals surface area contributed by atoms with Crippen molar-refractivity contribution in [3.8, 4) is 11.5 Å². The number of ether oxygens (including phenoxy) is 3. The van der Waals surface area contributed by atoms with Gasteiger partial charge in [-0.25, -0.2) is 0 Å². The van der Waals surface area contributed by atoms with Crippen molar-refractivity contribution in [2.45, 2.75) is 19.8 Å². The lowest BCUT2D eigenvalue weighted by Gasteiger charge is -2.22. The van der Waals surface area contributed by atoms with E-state index in [-0.39, 0.29) is 18.4 Å². The van der Waals surface area contributed by atoms with Gasteiger partial charge in [-0.05, 0) is 25.5 Å². The molecule has 1 heterocycles. The molecule has 0 radical (unpaired) electrons. The number of nitrogens with zero attached hydrogens (tertiary/aromatic N) is 2. The molecule has 0 aliphatic carbocycles. The van der Waals surface area contributed by atoms with Crippen LogP contribution in [-0.2, 0) is 14.3 Å². The van der Waals surface area contributed by atoms with Crippen LogP contribution >= 0.6 is 0 Å². The zero-order chi connectivity index (χ0) is 18.8. The standard InChI is InChI=1S/C19H28N2O5/c1-3-25-16-7-4-5-8-17(16)26-15-19(23)21-11-6-10-20(12-13-21)18(22)9-14-24-2/h4-5,7-8H,3,6,9-15H2,1-2H3. The van der Waals surface area contributed by atoms with Crippen LogP contribution in [0.15, 0.2) is 24.3 Å². The van der Waals surface area contributed by atoms with Crippen molar-refractivity contribution in [3.63, 3.8) is 0 Å². The Morgan fingerprint density at radius 1 is 0.962 bits per heavy atom. The fourth-order valence-corrected chi connectivity index (χ4v) is 2.84. The average molecular weight is 364 g/mol. The second kappa shape index (κ2) is 10.7. The Bertz CT molecular complexity index is 593. The number of methoxy groups -OCH3 is 1. The number of hydrogen-bond donors (Lipinski definition) is 0. The van der Waals surface area contributed by atoms with Gasteiger partial charge in [0.1, 0.15) is 0 Å². The first-order valence-electron chi connectivity index (χ1n) is 9.04. The molecule has 0 aromatic heterocycles. The van der Waals surface area contributed by atoms with Gasteiger partial charge in [0.05, 0.1) is 19.6 Å². The molecule has 2 amide bonds. The molecule has 1 aromatic carbocycles. The highest BCUT2D eigenvalue weighted by molar-refractivity contribution is 5.79. The number of carbonyl (C=O) groups excluding carboxylic acids is 2. The van der Waals surface area contributed by atoms with Crippen LogP contribution in [0.25, 0.3) is 0 Å². The molecule has 0 bridgehead atoms. The van der Waals surface area contributed by atoms with E-state index in [1.807, 2.05) is 25.1 Å². The highest BCUT2D eigenvalue weighted by Crippen LogP contribution is 2.26. The Morgan fingerprint density at radius 2 is 1.58 bits per heavy atom. The normalized spacial score (nSPS) is 14.7. The van der Waals surface area contributed by atoms with Crippen molar-refractivity contribution in [2.24, 2.45) is 0 Å². The number of hydrogen-bond acceptors (Lipinski definition) is 5. The summed E-state index contributed by atoms with van der Waals surface area (Å²) >= 11 is 0. The van der Waals surface area contributed by atoms with Gasteiger partial charge in [-0.3, -0.25) is 9.59 Å². The van der Waals surface area contributed by atoms with Gasteiger partial charge in [-0.15, -0.1) is 0 Å². The molecule has 2 rings (SSSR count). The van der Waals surface area contributed by atoms with E-state index in [9.17, 15) is 9.59 Å². The number of amides is 2. The molecule has 7 heteroatoms. The molecule has 1 aliphatic heterocycles. The van der Waals surface area contributed by atoms with Crippen LogP contribution in [0.5, 0.6) is 11.5 Å². The minimum absolute atomic E-state index is 0.0400. The lowest BCUT2D eigenvalue weighted by Crippen LogP contribution is -2.39. The second-order valence-electron chi connectivity index (χ2n) is 6.03. The summed E-state index contributed by atoms with van der Waals surface area (Å²) < 4.78 is 16.1. The molecule has 1 aromatic rings. The average Bonchev–Trinajstić information content (AvgIpc) is 2.92. The van der Waals surface area contributed by atoms with Crippen molar-refractivity contribution in [1.29, 1.82) is 0 Å². The van der Waals surface area contributed by atoms with Gasteiger partial charge in [0.2, 0.25) is 5.91 Å². The molecule has 1 saturated heterocycles. The monoisotopic (exact) mass is 364 g/mol. The zero-order valence-electron chi connectivity index (χ0n) is 15.6. The highest BCUT2D eigenvalue weighted by Gasteiger charge is 2.22. The van der Waals surface area contributed by atoms with Crippen LogP contribution in [0.3, 0.4) is 0 Å². The molecule has 0 N–H and O–H groups in total. The Labute approximate surface area is 154 Å². The molecule has 1 fully saturated rings. The van der Waals surface area contributed by atoms with Crippen molar-refractivity contribution >= 4 is 11.8 Å². The van der Waals surface area contributed by atoms with Crippen LogP contribution in [-0.4, -0.2) is 74.7 Å². The van der Waals surface area contributed by atoms with E-state index in [0.29, 0.717) is 57.3 Å². The number of benzene rings is 1. The largest absolute Gasteiger partial charge is 0.490 e. The van der Waals surface area contributed by atoms with E-state index in [2.05, 4.69) is 0 Å². The molecule has 0 saturated carbocycles. The van der Waals surface area contributed by atoms with Crippen LogP contribution in [0, 0.1) is 0 Å². The molecule has 144 valence electrons. The lowest BCUT2D eigenvalue weighted by atomic mass is 10.3. The third-order valence-corrected chi connectivity index (χ3v) is 4.22. The summed E-state index contributed by atoms with van der Waals surface area (Å²) in [4.78, 5) is 28.1. The molecule has 0 spiro atoms. The second-order valence-corrected chi connectivity index (χ2v) is 6.03. The fourth-order valence-electron chi connectivity index (χ4n) is 2.84. The summed E-state index contributed by atoms with van der Waals surface area (Å²) in [7, 11) is 1.58. The quantitative estimate of drug-likeness (QED) is 0.700.